The molecule has 2 amide bonds. The van der Waals surface area contributed by atoms with Crippen LogP contribution in [0.3, 0.4) is 0 Å². The van der Waals surface area contributed by atoms with Gasteiger partial charge in [-0.3, -0.25) is 9.59 Å². The number of rotatable bonds is 10. The van der Waals surface area contributed by atoms with Gasteiger partial charge in [-0.1, -0.05) is 68.7 Å². The van der Waals surface area contributed by atoms with E-state index in [0.29, 0.717) is 13.0 Å². The monoisotopic (exact) mass is 503 g/mol. The van der Waals surface area contributed by atoms with E-state index in [1.165, 1.54) is 24.1 Å². The van der Waals surface area contributed by atoms with E-state index in [-0.39, 0.29) is 30.1 Å². The molecule has 1 heterocycles. The van der Waals surface area contributed by atoms with Crippen molar-refractivity contribution in [3.63, 3.8) is 0 Å². The minimum absolute atomic E-state index is 0.0107. The summed E-state index contributed by atoms with van der Waals surface area (Å²) in [4.78, 5) is 30.8. The van der Waals surface area contributed by atoms with Gasteiger partial charge in [-0.2, -0.15) is 0 Å². The Morgan fingerprint density at radius 2 is 1.68 bits per heavy atom. The van der Waals surface area contributed by atoms with E-state index in [4.69, 9.17) is 0 Å². The Hall–Kier alpha value is -3.41. The van der Waals surface area contributed by atoms with Crippen LogP contribution < -0.4 is 0 Å². The van der Waals surface area contributed by atoms with E-state index >= 15 is 0 Å². The summed E-state index contributed by atoms with van der Waals surface area (Å²) in [6.07, 6.45) is 8.06. The topological polar surface area (TPSA) is 45.6 Å². The van der Waals surface area contributed by atoms with Crippen LogP contribution in [-0.2, 0) is 17.9 Å². The van der Waals surface area contributed by atoms with Gasteiger partial charge in [0.25, 0.3) is 5.91 Å². The van der Waals surface area contributed by atoms with E-state index in [1.807, 2.05) is 43.0 Å². The molecule has 196 valence electrons. The molecule has 4 rings (SSSR count). The quantitative estimate of drug-likeness (QED) is 0.327. The molecule has 0 radical (unpaired) electrons. The van der Waals surface area contributed by atoms with E-state index in [2.05, 4.69) is 29.0 Å². The first kappa shape index (κ1) is 26.6. The van der Waals surface area contributed by atoms with Crippen molar-refractivity contribution < 1.29 is 14.0 Å². The van der Waals surface area contributed by atoms with Crippen LogP contribution in [-0.4, -0.2) is 44.8 Å². The molecule has 1 fully saturated rings. The predicted octanol–water partition coefficient (Wildman–Crippen LogP) is 6.28. The molecule has 0 bridgehead atoms. The third kappa shape index (κ3) is 6.68. The lowest BCUT2D eigenvalue weighted by Gasteiger charge is -2.37. The third-order valence-corrected chi connectivity index (χ3v) is 7.58. The second-order valence-corrected chi connectivity index (χ2v) is 10.1. The fraction of sp³-hybridized carbons (Fsp3) is 0.419. The number of nitrogens with zero attached hydrogens (tertiary/aromatic N) is 3. The molecule has 0 N–H and O–H groups in total. The maximum Gasteiger partial charge on any atom is 0.257 e. The fourth-order valence-electron chi connectivity index (χ4n) is 5.19. The molecule has 37 heavy (non-hydrogen) atoms. The normalized spacial score (nSPS) is 14.8. The molecular weight excluding hydrogens is 465 g/mol. The Labute approximate surface area is 219 Å². The highest BCUT2D eigenvalue weighted by atomic mass is 19.1. The van der Waals surface area contributed by atoms with Crippen molar-refractivity contribution in [1.82, 2.24) is 14.4 Å². The summed E-state index contributed by atoms with van der Waals surface area (Å²) in [6.45, 7) is 5.07. The summed E-state index contributed by atoms with van der Waals surface area (Å²) >= 11 is 0. The molecule has 1 aromatic heterocycles. The number of carbonyl (C=O) groups is 2. The number of aromatic nitrogens is 1. The highest BCUT2D eigenvalue weighted by Gasteiger charge is 2.31. The highest BCUT2D eigenvalue weighted by molar-refractivity contribution is 5.97. The minimum atomic E-state index is -0.559. The second kappa shape index (κ2) is 12.7. The van der Waals surface area contributed by atoms with Crippen LogP contribution in [0.15, 0.2) is 72.9 Å². The zero-order chi connectivity index (χ0) is 26.2. The molecule has 3 aromatic rings. The van der Waals surface area contributed by atoms with Gasteiger partial charge in [0.15, 0.2) is 0 Å². The summed E-state index contributed by atoms with van der Waals surface area (Å²) in [6, 6.07) is 20.3. The average Bonchev–Trinajstić information content (AvgIpc) is 3.37. The van der Waals surface area contributed by atoms with Crippen LogP contribution in [0.2, 0.25) is 0 Å². The first-order valence-electron chi connectivity index (χ1n) is 13.5. The average molecular weight is 504 g/mol. The summed E-state index contributed by atoms with van der Waals surface area (Å²) in [5, 5.41) is 0. The first-order valence-corrected chi connectivity index (χ1v) is 13.5. The van der Waals surface area contributed by atoms with Gasteiger partial charge in [0.05, 0.1) is 12.1 Å². The lowest BCUT2D eigenvalue weighted by molar-refractivity contribution is -0.136. The molecular formula is C31H38FN3O2. The van der Waals surface area contributed by atoms with Crippen molar-refractivity contribution in [3.05, 3.63) is 95.6 Å². The van der Waals surface area contributed by atoms with Gasteiger partial charge in [0.1, 0.15) is 12.4 Å². The summed E-state index contributed by atoms with van der Waals surface area (Å²) < 4.78 is 16.7. The first-order chi connectivity index (χ1) is 18.0. The van der Waals surface area contributed by atoms with Gasteiger partial charge in [-0.15, -0.1) is 0 Å². The van der Waals surface area contributed by atoms with Crippen molar-refractivity contribution in [2.24, 2.45) is 0 Å². The Morgan fingerprint density at radius 3 is 2.38 bits per heavy atom. The van der Waals surface area contributed by atoms with Crippen molar-refractivity contribution in [2.45, 2.75) is 77.5 Å². The Bertz CT molecular complexity index is 1170. The highest BCUT2D eigenvalue weighted by Crippen LogP contribution is 2.25. The summed E-state index contributed by atoms with van der Waals surface area (Å²) in [5.41, 5.74) is 2.28. The van der Waals surface area contributed by atoms with Crippen molar-refractivity contribution in [3.8, 4) is 0 Å². The molecule has 1 aliphatic carbocycles. The largest absolute Gasteiger partial charge is 0.345 e. The van der Waals surface area contributed by atoms with Gasteiger partial charge in [-0.05, 0) is 56.0 Å². The van der Waals surface area contributed by atoms with Crippen LogP contribution >= 0.6 is 0 Å². The SMILES string of the molecule is CCC(C)N(CC(=O)N(Cc1cccn1Cc1ccccc1)C1CCCCC1)C(=O)c1ccccc1F. The van der Waals surface area contributed by atoms with E-state index in [1.54, 1.807) is 17.0 Å². The number of amides is 2. The second-order valence-electron chi connectivity index (χ2n) is 10.1. The van der Waals surface area contributed by atoms with E-state index in [9.17, 15) is 14.0 Å². The van der Waals surface area contributed by atoms with Crippen LogP contribution in [0.25, 0.3) is 0 Å². The van der Waals surface area contributed by atoms with Crippen molar-refractivity contribution in [1.29, 1.82) is 0 Å². The lowest BCUT2D eigenvalue weighted by Crippen LogP contribution is -2.49. The molecule has 1 unspecified atom stereocenters. The molecule has 0 saturated heterocycles. The van der Waals surface area contributed by atoms with Crippen LogP contribution in [0, 0.1) is 5.82 Å². The molecule has 1 atom stereocenters. The maximum absolute atomic E-state index is 14.5. The Morgan fingerprint density at radius 1 is 0.973 bits per heavy atom. The molecule has 1 aliphatic rings. The number of hydrogen-bond acceptors (Lipinski definition) is 2. The zero-order valence-electron chi connectivity index (χ0n) is 22.0. The predicted molar refractivity (Wildman–Crippen MR) is 145 cm³/mol. The van der Waals surface area contributed by atoms with Crippen molar-refractivity contribution >= 4 is 11.8 Å². The van der Waals surface area contributed by atoms with Gasteiger partial charge in [0.2, 0.25) is 5.91 Å². The number of benzene rings is 2. The molecule has 0 spiro atoms. The van der Waals surface area contributed by atoms with E-state index in [0.717, 1.165) is 37.9 Å². The molecule has 6 heteroatoms. The number of hydrogen-bond donors (Lipinski definition) is 0. The van der Waals surface area contributed by atoms with Crippen LogP contribution in [0.1, 0.15) is 74.0 Å². The van der Waals surface area contributed by atoms with Gasteiger partial charge in [-0.25, -0.2) is 4.39 Å². The summed E-state index contributed by atoms with van der Waals surface area (Å²) in [7, 11) is 0. The summed E-state index contributed by atoms with van der Waals surface area (Å²) in [5.74, 6) is -1.07. The van der Waals surface area contributed by atoms with Crippen LogP contribution in [0.4, 0.5) is 4.39 Å². The van der Waals surface area contributed by atoms with Crippen molar-refractivity contribution in [2.75, 3.05) is 6.54 Å². The fourth-order valence-corrected chi connectivity index (χ4v) is 5.19. The van der Waals surface area contributed by atoms with Crippen LogP contribution in [0.5, 0.6) is 0 Å². The number of halogens is 1. The zero-order valence-corrected chi connectivity index (χ0v) is 22.0. The van der Waals surface area contributed by atoms with Gasteiger partial charge >= 0.3 is 0 Å². The lowest BCUT2D eigenvalue weighted by atomic mass is 9.94. The molecule has 1 saturated carbocycles. The van der Waals surface area contributed by atoms with E-state index < -0.39 is 11.7 Å². The minimum Gasteiger partial charge on any atom is -0.345 e. The molecule has 5 nitrogen and oxygen atoms in total. The molecule has 0 aliphatic heterocycles. The Kier molecular flexibility index (Phi) is 9.15. The molecule has 2 aromatic carbocycles. The maximum atomic E-state index is 14.5. The third-order valence-electron chi connectivity index (χ3n) is 7.58. The smallest absolute Gasteiger partial charge is 0.257 e. The van der Waals surface area contributed by atoms with Gasteiger partial charge in [0, 0.05) is 30.5 Å². The Balaban J connectivity index is 1.57. The standard InChI is InChI=1S/C31H38FN3O2/c1-3-24(2)34(31(37)28-18-10-11-19-29(28)32)23-30(36)35(26-15-8-5-9-16-26)22-27-17-12-20-33(27)21-25-13-6-4-7-14-25/h4,6-7,10-14,17-20,24,26H,3,5,8-9,15-16,21-23H2,1-2H3. The number of carbonyl (C=O) groups excluding carboxylic acids is 2. The van der Waals surface area contributed by atoms with Gasteiger partial charge < -0.3 is 14.4 Å².